The average Bonchev–Trinajstić information content (AvgIpc) is 2.53. The van der Waals surface area contributed by atoms with Crippen molar-refractivity contribution < 1.29 is 0 Å². The van der Waals surface area contributed by atoms with Gasteiger partial charge in [0.05, 0.1) is 5.69 Å². The molecule has 2 rings (SSSR count). The van der Waals surface area contributed by atoms with Gasteiger partial charge in [0.1, 0.15) is 0 Å². The molecule has 0 unspecified atom stereocenters. The summed E-state index contributed by atoms with van der Waals surface area (Å²) in [5.74, 6) is 0. The molecule has 0 aliphatic rings. The number of aromatic nitrogens is 3. The van der Waals surface area contributed by atoms with Crippen LogP contribution in [-0.2, 0) is 0 Å². The number of nitrogens with zero attached hydrogens (tertiary/aromatic N) is 3. The molecule has 66 valence electrons. The second kappa shape index (κ2) is 3.01. The maximum Gasteiger partial charge on any atom is 0.0681 e. The molecule has 0 aliphatic heterocycles. The topological polar surface area (TPSA) is 30.7 Å². The molecular weight excluding hydrogens is 162 g/mol. The summed E-state index contributed by atoms with van der Waals surface area (Å²) in [5, 5.41) is 4.16. The first-order chi connectivity index (χ1) is 6.25. The fourth-order valence-electron chi connectivity index (χ4n) is 1.37. The standard InChI is InChI=1S/C10H11N3/c1-8-6-10(7-9(2)12-8)13-5-3-4-11-13/h3-7H,1-2H3. The average molecular weight is 173 g/mol. The summed E-state index contributed by atoms with van der Waals surface area (Å²) in [6.07, 6.45) is 3.69. The second-order valence-corrected chi connectivity index (χ2v) is 3.06. The first-order valence-corrected chi connectivity index (χ1v) is 4.21. The van der Waals surface area contributed by atoms with E-state index >= 15 is 0 Å². The first kappa shape index (κ1) is 7.98. The predicted octanol–water partition coefficient (Wildman–Crippen LogP) is 1.88. The lowest BCUT2D eigenvalue weighted by molar-refractivity contribution is 0.871. The van der Waals surface area contributed by atoms with Gasteiger partial charge < -0.3 is 0 Å². The van der Waals surface area contributed by atoms with Crippen LogP contribution in [0.15, 0.2) is 30.6 Å². The highest BCUT2D eigenvalue weighted by Crippen LogP contribution is 2.08. The Kier molecular flexibility index (Phi) is 1.85. The van der Waals surface area contributed by atoms with Gasteiger partial charge in [-0.15, -0.1) is 0 Å². The second-order valence-electron chi connectivity index (χ2n) is 3.06. The Balaban J connectivity index is 2.53. The van der Waals surface area contributed by atoms with Crippen molar-refractivity contribution in [1.29, 1.82) is 0 Å². The third-order valence-corrected chi connectivity index (χ3v) is 1.84. The molecule has 0 aromatic carbocycles. The van der Waals surface area contributed by atoms with Crippen molar-refractivity contribution in [3.05, 3.63) is 42.0 Å². The van der Waals surface area contributed by atoms with Gasteiger partial charge in [-0.3, -0.25) is 4.98 Å². The highest BCUT2D eigenvalue weighted by molar-refractivity contribution is 5.33. The maximum atomic E-state index is 4.30. The summed E-state index contributed by atoms with van der Waals surface area (Å²) >= 11 is 0. The number of pyridine rings is 1. The molecule has 3 heteroatoms. The minimum absolute atomic E-state index is 1.02. The van der Waals surface area contributed by atoms with Gasteiger partial charge in [-0.25, -0.2) is 4.68 Å². The quantitative estimate of drug-likeness (QED) is 0.659. The maximum absolute atomic E-state index is 4.30. The SMILES string of the molecule is Cc1cc(-n2cccn2)cc(C)n1. The largest absolute Gasteiger partial charge is 0.258 e. The molecule has 0 aliphatic carbocycles. The van der Waals surface area contributed by atoms with E-state index in [2.05, 4.69) is 10.1 Å². The summed E-state index contributed by atoms with van der Waals surface area (Å²) < 4.78 is 1.84. The van der Waals surface area contributed by atoms with Crippen LogP contribution < -0.4 is 0 Å². The van der Waals surface area contributed by atoms with E-state index < -0.39 is 0 Å². The Morgan fingerprint density at radius 1 is 1.15 bits per heavy atom. The third-order valence-electron chi connectivity index (χ3n) is 1.84. The van der Waals surface area contributed by atoms with Gasteiger partial charge in [-0.1, -0.05) is 0 Å². The smallest absolute Gasteiger partial charge is 0.0681 e. The molecule has 3 nitrogen and oxygen atoms in total. The zero-order valence-electron chi connectivity index (χ0n) is 7.73. The van der Waals surface area contributed by atoms with Crippen molar-refractivity contribution in [3.8, 4) is 5.69 Å². The molecule has 0 fully saturated rings. The molecule has 0 N–H and O–H groups in total. The molecule has 0 amide bonds. The Morgan fingerprint density at radius 2 is 1.85 bits per heavy atom. The summed E-state index contributed by atoms with van der Waals surface area (Å²) in [6.45, 7) is 3.97. The van der Waals surface area contributed by atoms with E-state index in [1.165, 1.54) is 0 Å². The van der Waals surface area contributed by atoms with Gasteiger partial charge in [0.25, 0.3) is 0 Å². The predicted molar refractivity (Wildman–Crippen MR) is 50.8 cm³/mol. The number of rotatable bonds is 1. The van der Waals surface area contributed by atoms with Crippen molar-refractivity contribution in [2.45, 2.75) is 13.8 Å². The summed E-state index contributed by atoms with van der Waals surface area (Å²) in [5.41, 5.74) is 3.10. The van der Waals surface area contributed by atoms with Crippen molar-refractivity contribution in [1.82, 2.24) is 14.8 Å². The summed E-state index contributed by atoms with van der Waals surface area (Å²) in [6, 6.07) is 5.94. The van der Waals surface area contributed by atoms with Gasteiger partial charge in [0.15, 0.2) is 0 Å². The molecule has 2 heterocycles. The van der Waals surface area contributed by atoms with E-state index in [4.69, 9.17) is 0 Å². The van der Waals surface area contributed by atoms with Crippen molar-refractivity contribution in [2.75, 3.05) is 0 Å². The summed E-state index contributed by atoms with van der Waals surface area (Å²) in [7, 11) is 0. The van der Waals surface area contributed by atoms with Crippen LogP contribution >= 0.6 is 0 Å². The van der Waals surface area contributed by atoms with Gasteiger partial charge in [-0.05, 0) is 32.0 Å². The van der Waals surface area contributed by atoms with Crippen LogP contribution in [0.3, 0.4) is 0 Å². The molecule has 0 atom stereocenters. The van der Waals surface area contributed by atoms with Crippen LogP contribution in [0.1, 0.15) is 11.4 Å². The van der Waals surface area contributed by atoms with Gasteiger partial charge in [0, 0.05) is 23.8 Å². The lowest BCUT2D eigenvalue weighted by Crippen LogP contribution is -1.97. The lowest BCUT2D eigenvalue weighted by atomic mass is 10.3. The monoisotopic (exact) mass is 173 g/mol. The number of hydrogen-bond acceptors (Lipinski definition) is 2. The fraction of sp³-hybridized carbons (Fsp3) is 0.200. The lowest BCUT2D eigenvalue weighted by Gasteiger charge is -2.03. The van der Waals surface area contributed by atoms with Gasteiger partial charge in [-0.2, -0.15) is 5.10 Å². The van der Waals surface area contributed by atoms with Crippen molar-refractivity contribution in [3.63, 3.8) is 0 Å². The van der Waals surface area contributed by atoms with Crippen LogP contribution in [0, 0.1) is 13.8 Å². The van der Waals surface area contributed by atoms with E-state index in [-0.39, 0.29) is 0 Å². The molecule has 0 saturated heterocycles. The molecule has 13 heavy (non-hydrogen) atoms. The summed E-state index contributed by atoms with van der Waals surface area (Å²) in [4.78, 5) is 4.30. The van der Waals surface area contributed by atoms with E-state index in [0.717, 1.165) is 17.1 Å². The zero-order valence-corrected chi connectivity index (χ0v) is 7.73. The third kappa shape index (κ3) is 1.59. The van der Waals surface area contributed by atoms with Crippen LogP contribution in [0.2, 0.25) is 0 Å². The minimum atomic E-state index is 1.02. The Labute approximate surface area is 77.0 Å². The normalized spacial score (nSPS) is 10.3. The van der Waals surface area contributed by atoms with Crippen LogP contribution in [0.5, 0.6) is 0 Å². The Bertz CT molecular complexity index is 384. The van der Waals surface area contributed by atoms with Crippen LogP contribution in [0.4, 0.5) is 0 Å². The molecular formula is C10H11N3. The van der Waals surface area contributed by atoms with Crippen molar-refractivity contribution >= 4 is 0 Å². The van der Waals surface area contributed by atoms with Crippen molar-refractivity contribution in [2.24, 2.45) is 0 Å². The van der Waals surface area contributed by atoms with E-state index in [1.54, 1.807) is 6.20 Å². The molecule has 0 spiro atoms. The Morgan fingerprint density at radius 3 is 2.38 bits per heavy atom. The number of aryl methyl sites for hydroxylation is 2. The van der Waals surface area contributed by atoms with E-state index in [1.807, 2.05) is 42.9 Å². The van der Waals surface area contributed by atoms with Crippen LogP contribution in [0.25, 0.3) is 5.69 Å². The zero-order chi connectivity index (χ0) is 9.26. The molecule has 0 saturated carbocycles. The Hall–Kier alpha value is -1.64. The van der Waals surface area contributed by atoms with E-state index in [9.17, 15) is 0 Å². The van der Waals surface area contributed by atoms with Gasteiger partial charge >= 0.3 is 0 Å². The van der Waals surface area contributed by atoms with Gasteiger partial charge in [0.2, 0.25) is 0 Å². The highest BCUT2D eigenvalue weighted by atomic mass is 15.3. The van der Waals surface area contributed by atoms with E-state index in [0.29, 0.717) is 0 Å². The molecule has 0 bridgehead atoms. The van der Waals surface area contributed by atoms with Crippen LogP contribution in [-0.4, -0.2) is 14.8 Å². The number of hydrogen-bond donors (Lipinski definition) is 0. The highest BCUT2D eigenvalue weighted by Gasteiger charge is 1.98. The first-order valence-electron chi connectivity index (χ1n) is 4.21. The fourth-order valence-corrected chi connectivity index (χ4v) is 1.37. The molecule has 2 aromatic heterocycles. The molecule has 0 radical (unpaired) electrons. The minimum Gasteiger partial charge on any atom is -0.258 e. The molecule has 2 aromatic rings.